The zero-order valence-corrected chi connectivity index (χ0v) is 12.8. The fraction of sp³-hybridized carbons (Fsp3) is 0.158. The van der Waals surface area contributed by atoms with Crippen LogP contribution in [-0.4, -0.2) is 11.9 Å². The van der Waals surface area contributed by atoms with Crippen molar-refractivity contribution >= 4 is 29.4 Å². The SMILES string of the molecule is C[C@H]1CC(=O)Nc2cccc(/C=C/c3ccc(C#N)cc3)c2N1. The molecule has 0 spiro atoms. The van der Waals surface area contributed by atoms with Crippen LogP contribution < -0.4 is 10.6 Å². The molecule has 4 heteroatoms. The summed E-state index contributed by atoms with van der Waals surface area (Å²) in [5, 5.41) is 15.2. The first-order valence-electron chi connectivity index (χ1n) is 7.53. The van der Waals surface area contributed by atoms with Gasteiger partial charge in [0.25, 0.3) is 0 Å². The van der Waals surface area contributed by atoms with Crippen LogP contribution in [0.1, 0.15) is 30.0 Å². The lowest BCUT2D eigenvalue weighted by Crippen LogP contribution is -2.19. The zero-order chi connectivity index (χ0) is 16.2. The van der Waals surface area contributed by atoms with Gasteiger partial charge in [-0.1, -0.05) is 36.4 Å². The van der Waals surface area contributed by atoms with Gasteiger partial charge in [0, 0.05) is 12.5 Å². The Balaban J connectivity index is 1.91. The third-order valence-corrected chi connectivity index (χ3v) is 3.75. The first-order chi connectivity index (χ1) is 11.2. The average molecular weight is 303 g/mol. The van der Waals surface area contributed by atoms with Crippen molar-refractivity contribution in [2.75, 3.05) is 10.6 Å². The first-order valence-corrected chi connectivity index (χ1v) is 7.53. The van der Waals surface area contributed by atoms with Crippen molar-refractivity contribution in [3.63, 3.8) is 0 Å². The Morgan fingerprint density at radius 3 is 2.70 bits per heavy atom. The molecule has 2 aromatic carbocycles. The van der Waals surface area contributed by atoms with Gasteiger partial charge in [-0.15, -0.1) is 0 Å². The summed E-state index contributed by atoms with van der Waals surface area (Å²) in [7, 11) is 0. The maximum atomic E-state index is 11.8. The van der Waals surface area contributed by atoms with Crippen LogP contribution in [0.4, 0.5) is 11.4 Å². The summed E-state index contributed by atoms with van der Waals surface area (Å²) >= 11 is 0. The summed E-state index contributed by atoms with van der Waals surface area (Å²) in [4.78, 5) is 11.8. The predicted octanol–water partition coefficient (Wildman–Crippen LogP) is 3.87. The lowest BCUT2D eigenvalue weighted by molar-refractivity contribution is -0.116. The molecule has 0 saturated carbocycles. The Morgan fingerprint density at radius 2 is 1.96 bits per heavy atom. The highest BCUT2D eigenvalue weighted by Crippen LogP contribution is 2.31. The van der Waals surface area contributed by atoms with Crippen molar-refractivity contribution in [2.24, 2.45) is 0 Å². The van der Waals surface area contributed by atoms with E-state index in [4.69, 9.17) is 5.26 Å². The molecule has 1 atom stereocenters. The standard InChI is InChI=1S/C19H17N3O/c1-13-11-18(23)22-17-4-2-3-16(19(17)21-13)10-9-14-5-7-15(12-20)8-6-14/h2-10,13,21H,11H2,1H3,(H,22,23)/b10-9+/t13-/m0/s1. The second-order valence-electron chi connectivity index (χ2n) is 5.63. The molecule has 2 aromatic rings. The molecule has 114 valence electrons. The van der Waals surface area contributed by atoms with E-state index in [0.717, 1.165) is 22.5 Å². The van der Waals surface area contributed by atoms with E-state index in [1.54, 1.807) is 12.1 Å². The Labute approximate surface area is 135 Å². The van der Waals surface area contributed by atoms with E-state index >= 15 is 0 Å². The molecule has 0 aliphatic carbocycles. The molecule has 1 aliphatic rings. The molecule has 3 rings (SSSR count). The summed E-state index contributed by atoms with van der Waals surface area (Å²) in [6.07, 6.45) is 4.46. The molecule has 0 unspecified atom stereocenters. The van der Waals surface area contributed by atoms with E-state index < -0.39 is 0 Å². The number of fused-ring (bicyclic) bond motifs is 1. The predicted molar refractivity (Wildman–Crippen MR) is 92.9 cm³/mol. The molecule has 2 N–H and O–H groups in total. The van der Waals surface area contributed by atoms with E-state index in [2.05, 4.69) is 16.7 Å². The lowest BCUT2D eigenvalue weighted by Gasteiger charge is -2.14. The third-order valence-electron chi connectivity index (χ3n) is 3.75. The minimum Gasteiger partial charge on any atom is -0.380 e. The molecule has 1 amide bonds. The number of benzene rings is 2. The van der Waals surface area contributed by atoms with Gasteiger partial charge in [0.15, 0.2) is 0 Å². The Bertz CT molecular complexity index is 800. The monoisotopic (exact) mass is 303 g/mol. The van der Waals surface area contributed by atoms with E-state index in [1.165, 1.54) is 0 Å². The molecule has 23 heavy (non-hydrogen) atoms. The zero-order valence-electron chi connectivity index (χ0n) is 12.8. The van der Waals surface area contributed by atoms with E-state index in [-0.39, 0.29) is 11.9 Å². The summed E-state index contributed by atoms with van der Waals surface area (Å²) in [5.41, 5.74) is 4.43. The van der Waals surface area contributed by atoms with Crippen molar-refractivity contribution in [2.45, 2.75) is 19.4 Å². The fourth-order valence-electron chi connectivity index (χ4n) is 2.61. The van der Waals surface area contributed by atoms with E-state index in [1.807, 2.05) is 49.4 Å². The quantitative estimate of drug-likeness (QED) is 0.828. The second kappa shape index (κ2) is 6.37. The molecule has 0 radical (unpaired) electrons. The van der Waals surface area contributed by atoms with Crippen LogP contribution in [0.15, 0.2) is 42.5 Å². The molecular weight excluding hydrogens is 286 g/mol. The van der Waals surface area contributed by atoms with Gasteiger partial charge >= 0.3 is 0 Å². The van der Waals surface area contributed by atoms with Gasteiger partial charge < -0.3 is 10.6 Å². The fourth-order valence-corrected chi connectivity index (χ4v) is 2.61. The summed E-state index contributed by atoms with van der Waals surface area (Å²) in [6, 6.07) is 15.4. The van der Waals surface area contributed by atoms with Gasteiger partial charge in [-0.05, 0) is 36.2 Å². The number of nitrogens with zero attached hydrogens (tertiary/aromatic N) is 1. The summed E-state index contributed by atoms with van der Waals surface area (Å²) in [6.45, 7) is 2.00. The van der Waals surface area contributed by atoms with Crippen LogP contribution in [0.5, 0.6) is 0 Å². The van der Waals surface area contributed by atoms with Gasteiger partial charge in [-0.2, -0.15) is 5.26 Å². The van der Waals surface area contributed by atoms with Gasteiger partial charge in [0.05, 0.1) is 23.0 Å². The van der Waals surface area contributed by atoms with Gasteiger partial charge in [0.1, 0.15) is 0 Å². The number of amides is 1. The van der Waals surface area contributed by atoms with Crippen LogP contribution in [0.3, 0.4) is 0 Å². The summed E-state index contributed by atoms with van der Waals surface area (Å²) < 4.78 is 0. The molecular formula is C19H17N3O. The highest BCUT2D eigenvalue weighted by atomic mass is 16.1. The number of hydrogen-bond acceptors (Lipinski definition) is 3. The molecule has 0 aromatic heterocycles. The smallest absolute Gasteiger partial charge is 0.226 e. The number of nitrogens with one attached hydrogen (secondary N) is 2. The topological polar surface area (TPSA) is 64.9 Å². The number of carbonyl (C=O) groups excluding carboxylic acids is 1. The van der Waals surface area contributed by atoms with Crippen molar-refractivity contribution in [1.82, 2.24) is 0 Å². The molecule has 0 fully saturated rings. The van der Waals surface area contributed by atoms with Gasteiger partial charge in [-0.25, -0.2) is 0 Å². The highest BCUT2D eigenvalue weighted by molar-refractivity contribution is 5.98. The van der Waals surface area contributed by atoms with Crippen LogP contribution in [0, 0.1) is 11.3 Å². The summed E-state index contributed by atoms with van der Waals surface area (Å²) in [5.74, 6) is 0.0250. The van der Waals surface area contributed by atoms with Crippen LogP contribution in [-0.2, 0) is 4.79 Å². The molecule has 0 saturated heterocycles. The normalized spacial score (nSPS) is 16.9. The maximum Gasteiger partial charge on any atom is 0.226 e. The number of carbonyl (C=O) groups is 1. The molecule has 4 nitrogen and oxygen atoms in total. The number of hydrogen-bond donors (Lipinski definition) is 2. The van der Waals surface area contributed by atoms with Crippen molar-refractivity contribution < 1.29 is 4.79 Å². The molecule has 1 heterocycles. The Morgan fingerprint density at radius 1 is 1.17 bits per heavy atom. The largest absolute Gasteiger partial charge is 0.380 e. The molecule has 1 aliphatic heterocycles. The minimum atomic E-state index is 0.0250. The number of anilines is 2. The van der Waals surface area contributed by atoms with Gasteiger partial charge in [-0.3, -0.25) is 4.79 Å². The number of nitriles is 1. The van der Waals surface area contributed by atoms with E-state index in [9.17, 15) is 4.79 Å². The molecule has 0 bridgehead atoms. The third kappa shape index (κ3) is 3.41. The Kier molecular flexibility index (Phi) is 4.11. The highest BCUT2D eigenvalue weighted by Gasteiger charge is 2.18. The maximum absolute atomic E-state index is 11.8. The Hall–Kier alpha value is -3.06. The van der Waals surface area contributed by atoms with Crippen molar-refractivity contribution in [3.8, 4) is 6.07 Å². The van der Waals surface area contributed by atoms with Crippen molar-refractivity contribution in [1.29, 1.82) is 5.26 Å². The second-order valence-corrected chi connectivity index (χ2v) is 5.63. The average Bonchev–Trinajstić information content (AvgIpc) is 2.70. The van der Waals surface area contributed by atoms with Gasteiger partial charge in [0.2, 0.25) is 5.91 Å². The first kappa shape index (κ1) is 14.9. The van der Waals surface area contributed by atoms with Crippen LogP contribution >= 0.6 is 0 Å². The van der Waals surface area contributed by atoms with E-state index in [0.29, 0.717) is 12.0 Å². The van der Waals surface area contributed by atoms with Crippen molar-refractivity contribution in [3.05, 3.63) is 59.2 Å². The van der Waals surface area contributed by atoms with Crippen LogP contribution in [0.2, 0.25) is 0 Å². The number of para-hydroxylation sites is 1. The minimum absolute atomic E-state index is 0.0250. The number of rotatable bonds is 2. The lowest BCUT2D eigenvalue weighted by atomic mass is 10.1. The van der Waals surface area contributed by atoms with Crippen LogP contribution in [0.25, 0.3) is 12.2 Å².